The highest BCUT2D eigenvalue weighted by Gasteiger charge is 2.19. The molecule has 1 aromatic carbocycles. The number of hydrazine groups is 1. The van der Waals surface area contributed by atoms with Crippen LogP contribution in [0.5, 0.6) is 0 Å². The SMILES string of the molecule is CN(C)CC1CCN(Cc2ccc(C(=O)NN)cc2)CC1. The van der Waals surface area contributed by atoms with Crippen LogP contribution < -0.4 is 11.3 Å². The summed E-state index contributed by atoms with van der Waals surface area (Å²) in [4.78, 5) is 16.2. The van der Waals surface area contributed by atoms with Crippen LogP contribution in [0.4, 0.5) is 0 Å². The fourth-order valence-electron chi connectivity index (χ4n) is 2.95. The summed E-state index contributed by atoms with van der Waals surface area (Å²) in [7, 11) is 4.29. The highest BCUT2D eigenvalue weighted by Crippen LogP contribution is 2.19. The van der Waals surface area contributed by atoms with Crippen molar-refractivity contribution in [1.29, 1.82) is 0 Å². The van der Waals surface area contributed by atoms with Crippen LogP contribution in [0.1, 0.15) is 28.8 Å². The number of nitrogens with one attached hydrogen (secondary N) is 1. The highest BCUT2D eigenvalue weighted by molar-refractivity contribution is 5.93. The Hall–Kier alpha value is -1.43. The first kappa shape index (κ1) is 15.9. The predicted molar refractivity (Wildman–Crippen MR) is 84.7 cm³/mol. The second kappa shape index (κ2) is 7.54. The number of piperidine rings is 1. The zero-order valence-corrected chi connectivity index (χ0v) is 13.0. The van der Waals surface area contributed by atoms with Crippen molar-refractivity contribution in [1.82, 2.24) is 15.2 Å². The van der Waals surface area contributed by atoms with Gasteiger partial charge in [-0.2, -0.15) is 0 Å². The van der Waals surface area contributed by atoms with Gasteiger partial charge >= 0.3 is 0 Å². The number of carbonyl (C=O) groups is 1. The third-order valence-electron chi connectivity index (χ3n) is 4.08. The lowest BCUT2D eigenvalue weighted by Gasteiger charge is -2.33. The maximum atomic E-state index is 11.4. The number of nitrogen functional groups attached to an aromatic ring is 1. The Morgan fingerprint density at radius 3 is 2.43 bits per heavy atom. The molecule has 1 saturated heterocycles. The van der Waals surface area contributed by atoms with Gasteiger partial charge in [0.05, 0.1) is 0 Å². The minimum absolute atomic E-state index is 0.244. The summed E-state index contributed by atoms with van der Waals surface area (Å²) in [5, 5.41) is 0. The fraction of sp³-hybridized carbons (Fsp3) is 0.562. The van der Waals surface area contributed by atoms with E-state index < -0.39 is 0 Å². The number of benzene rings is 1. The standard InChI is InChI=1S/C16H26N4O/c1-19(2)11-14-7-9-20(10-8-14)12-13-3-5-15(6-4-13)16(21)18-17/h3-6,14H,7-12,17H2,1-2H3,(H,18,21). The van der Waals surface area contributed by atoms with Gasteiger partial charge in [-0.05, 0) is 63.6 Å². The Labute approximate surface area is 127 Å². The van der Waals surface area contributed by atoms with Crippen molar-refractivity contribution < 1.29 is 4.79 Å². The third-order valence-corrected chi connectivity index (χ3v) is 4.08. The van der Waals surface area contributed by atoms with Gasteiger partial charge in [-0.3, -0.25) is 15.1 Å². The third kappa shape index (κ3) is 4.81. The summed E-state index contributed by atoms with van der Waals surface area (Å²) in [5.41, 5.74) is 4.00. The summed E-state index contributed by atoms with van der Waals surface area (Å²) < 4.78 is 0. The molecule has 1 heterocycles. The topological polar surface area (TPSA) is 61.6 Å². The number of amides is 1. The molecule has 0 bridgehead atoms. The lowest BCUT2D eigenvalue weighted by Crippen LogP contribution is -2.36. The second-order valence-electron chi connectivity index (χ2n) is 6.15. The molecule has 1 aromatic rings. The maximum Gasteiger partial charge on any atom is 0.265 e. The van der Waals surface area contributed by atoms with Crippen LogP contribution in [0.15, 0.2) is 24.3 Å². The van der Waals surface area contributed by atoms with Gasteiger partial charge < -0.3 is 4.90 Å². The molecule has 1 amide bonds. The van der Waals surface area contributed by atoms with E-state index in [9.17, 15) is 4.79 Å². The number of nitrogens with two attached hydrogens (primary N) is 1. The van der Waals surface area contributed by atoms with Crippen LogP contribution in [0.3, 0.4) is 0 Å². The van der Waals surface area contributed by atoms with E-state index in [4.69, 9.17) is 5.84 Å². The van der Waals surface area contributed by atoms with Crippen LogP contribution in [0, 0.1) is 5.92 Å². The van der Waals surface area contributed by atoms with E-state index in [0.717, 1.165) is 25.6 Å². The van der Waals surface area contributed by atoms with E-state index in [1.807, 2.05) is 24.3 Å². The Balaban J connectivity index is 1.82. The molecule has 3 N–H and O–H groups in total. The van der Waals surface area contributed by atoms with Gasteiger partial charge in [0, 0.05) is 18.7 Å². The van der Waals surface area contributed by atoms with Gasteiger partial charge in [0.2, 0.25) is 0 Å². The first-order valence-corrected chi connectivity index (χ1v) is 7.55. The summed E-state index contributed by atoms with van der Waals surface area (Å²) >= 11 is 0. The number of nitrogens with zero attached hydrogens (tertiary/aromatic N) is 2. The molecule has 0 radical (unpaired) electrons. The minimum atomic E-state index is -0.244. The normalized spacial score (nSPS) is 17.1. The Morgan fingerprint density at radius 2 is 1.90 bits per heavy atom. The molecule has 2 rings (SSSR count). The van der Waals surface area contributed by atoms with Gasteiger partial charge in [0.25, 0.3) is 5.91 Å². The van der Waals surface area contributed by atoms with Gasteiger partial charge in [-0.15, -0.1) is 0 Å². The van der Waals surface area contributed by atoms with E-state index in [1.165, 1.54) is 24.9 Å². The smallest absolute Gasteiger partial charge is 0.265 e. The fourth-order valence-corrected chi connectivity index (χ4v) is 2.95. The van der Waals surface area contributed by atoms with Crippen molar-refractivity contribution >= 4 is 5.91 Å². The second-order valence-corrected chi connectivity index (χ2v) is 6.15. The molecule has 0 aliphatic carbocycles. The molecule has 5 heteroatoms. The van der Waals surface area contributed by atoms with Crippen molar-refractivity contribution in [2.75, 3.05) is 33.7 Å². The molecular formula is C16H26N4O. The van der Waals surface area contributed by atoms with E-state index in [2.05, 4.69) is 29.3 Å². The van der Waals surface area contributed by atoms with Crippen LogP contribution in [-0.4, -0.2) is 49.4 Å². The van der Waals surface area contributed by atoms with Crippen molar-refractivity contribution in [3.63, 3.8) is 0 Å². The average Bonchev–Trinajstić information content (AvgIpc) is 2.49. The molecule has 0 atom stereocenters. The average molecular weight is 290 g/mol. The Kier molecular flexibility index (Phi) is 5.73. The molecule has 1 aliphatic rings. The molecule has 116 valence electrons. The van der Waals surface area contributed by atoms with E-state index in [-0.39, 0.29) is 5.91 Å². The van der Waals surface area contributed by atoms with Crippen LogP contribution in [-0.2, 0) is 6.54 Å². The zero-order valence-electron chi connectivity index (χ0n) is 13.0. The van der Waals surface area contributed by atoms with Crippen LogP contribution in [0.25, 0.3) is 0 Å². The number of hydrogen-bond donors (Lipinski definition) is 2. The first-order valence-electron chi connectivity index (χ1n) is 7.55. The lowest BCUT2D eigenvalue weighted by atomic mass is 9.96. The Morgan fingerprint density at radius 1 is 1.29 bits per heavy atom. The van der Waals surface area contributed by atoms with E-state index in [0.29, 0.717) is 5.56 Å². The molecule has 0 aromatic heterocycles. The molecule has 0 unspecified atom stereocenters. The predicted octanol–water partition coefficient (Wildman–Crippen LogP) is 1.06. The van der Waals surface area contributed by atoms with Gasteiger partial charge in [0.15, 0.2) is 0 Å². The minimum Gasteiger partial charge on any atom is -0.309 e. The Bertz CT molecular complexity index is 450. The van der Waals surface area contributed by atoms with Crippen molar-refractivity contribution in [2.24, 2.45) is 11.8 Å². The summed E-state index contributed by atoms with van der Waals surface area (Å²) in [6, 6.07) is 7.68. The summed E-state index contributed by atoms with van der Waals surface area (Å²) in [6.07, 6.45) is 2.54. The van der Waals surface area contributed by atoms with E-state index >= 15 is 0 Å². The maximum absolute atomic E-state index is 11.4. The van der Waals surface area contributed by atoms with Gasteiger partial charge in [-0.25, -0.2) is 5.84 Å². The summed E-state index contributed by atoms with van der Waals surface area (Å²) in [6.45, 7) is 4.46. The lowest BCUT2D eigenvalue weighted by molar-refractivity contribution is 0.0953. The molecule has 0 spiro atoms. The van der Waals surface area contributed by atoms with E-state index in [1.54, 1.807) is 0 Å². The largest absolute Gasteiger partial charge is 0.309 e. The molecule has 21 heavy (non-hydrogen) atoms. The number of hydrogen-bond acceptors (Lipinski definition) is 4. The quantitative estimate of drug-likeness (QED) is 0.484. The van der Waals surface area contributed by atoms with Gasteiger partial charge in [-0.1, -0.05) is 12.1 Å². The molecule has 5 nitrogen and oxygen atoms in total. The molecular weight excluding hydrogens is 264 g/mol. The molecule has 1 fully saturated rings. The van der Waals surface area contributed by atoms with Crippen LogP contribution >= 0.6 is 0 Å². The zero-order chi connectivity index (χ0) is 15.2. The number of rotatable bonds is 5. The summed E-state index contributed by atoms with van der Waals surface area (Å²) in [5.74, 6) is 5.71. The highest BCUT2D eigenvalue weighted by atomic mass is 16.2. The van der Waals surface area contributed by atoms with Crippen molar-refractivity contribution in [3.8, 4) is 0 Å². The first-order chi connectivity index (χ1) is 10.1. The van der Waals surface area contributed by atoms with Crippen molar-refractivity contribution in [2.45, 2.75) is 19.4 Å². The molecule has 0 saturated carbocycles. The number of likely N-dealkylation sites (tertiary alicyclic amines) is 1. The molecule has 1 aliphatic heterocycles. The number of carbonyl (C=O) groups excluding carboxylic acids is 1. The monoisotopic (exact) mass is 290 g/mol. The van der Waals surface area contributed by atoms with Crippen LogP contribution in [0.2, 0.25) is 0 Å². The van der Waals surface area contributed by atoms with Gasteiger partial charge in [0.1, 0.15) is 0 Å². The van der Waals surface area contributed by atoms with Crippen molar-refractivity contribution in [3.05, 3.63) is 35.4 Å².